The summed E-state index contributed by atoms with van der Waals surface area (Å²) in [5, 5.41) is 9.09. The molecular formula is C28H35N7O3S. The molecular weight excluding hydrogens is 514 g/mol. The second-order valence-corrected chi connectivity index (χ2v) is 12.9. The molecule has 0 radical (unpaired) electrons. The number of aromatic nitrogens is 5. The van der Waals surface area contributed by atoms with Crippen molar-refractivity contribution < 1.29 is 13.2 Å². The summed E-state index contributed by atoms with van der Waals surface area (Å²) in [4.78, 5) is 16.2. The summed E-state index contributed by atoms with van der Waals surface area (Å²) in [6, 6.07) is 7.94. The fourth-order valence-corrected chi connectivity index (χ4v) is 6.20. The number of hydrogen-bond acceptors (Lipinski definition) is 9. The van der Waals surface area contributed by atoms with Crippen LogP contribution in [0.1, 0.15) is 26.5 Å². The number of nitrogens with zero attached hydrogens (tertiary/aromatic N) is 6. The van der Waals surface area contributed by atoms with Crippen LogP contribution in [0.2, 0.25) is 0 Å². The summed E-state index contributed by atoms with van der Waals surface area (Å²) in [5.74, 6) is 2.84. The number of nitrogens with one attached hydrogen (secondary N) is 1. The van der Waals surface area contributed by atoms with Gasteiger partial charge in [0.2, 0.25) is 0 Å². The van der Waals surface area contributed by atoms with E-state index in [0.717, 1.165) is 45.9 Å². The zero-order valence-corrected chi connectivity index (χ0v) is 24.0. The molecule has 0 bridgehead atoms. The van der Waals surface area contributed by atoms with Crippen molar-refractivity contribution in [1.29, 1.82) is 0 Å². The second kappa shape index (κ2) is 10.4. The molecule has 206 valence electrons. The molecule has 0 aromatic carbocycles. The molecule has 10 nitrogen and oxygen atoms in total. The van der Waals surface area contributed by atoms with Gasteiger partial charge in [-0.2, -0.15) is 5.10 Å². The van der Waals surface area contributed by atoms with Crippen molar-refractivity contribution >= 4 is 32.2 Å². The fraction of sp³-hybridized carbons (Fsp3) is 0.429. The molecule has 39 heavy (non-hydrogen) atoms. The van der Waals surface area contributed by atoms with Crippen molar-refractivity contribution in [1.82, 2.24) is 24.7 Å². The monoisotopic (exact) mass is 549 g/mol. The van der Waals surface area contributed by atoms with Crippen LogP contribution in [0.3, 0.4) is 0 Å². The zero-order valence-electron chi connectivity index (χ0n) is 23.2. The van der Waals surface area contributed by atoms with E-state index in [4.69, 9.17) is 19.8 Å². The van der Waals surface area contributed by atoms with Gasteiger partial charge in [0.05, 0.1) is 35.8 Å². The number of rotatable bonds is 9. The van der Waals surface area contributed by atoms with Crippen LogP contribution in [0.15, 0.2) is 42.9 Å². The predicted octanol–water partition coefficient (Wildman–Crippen LogP) is 4.13. The lowest BCUT2D eigenvalue weighted by molar-refractivity contribution is 0.341. The van der Waals surface area contributed by atoms with Crippen molar-refractivity contribution in [3.05, 3.63) is 48.5 Å². The molecule has 1 fully saturated rings. The summed E-state index contributed by atoms with van der Waals surface area (Å²) in [6.45, 7) is 9.79. The van der Waals surface area contributed by atoms with Gasteiger partial charge >= 0.3 is 0 Å². The average Bonchev–Trinajstić information content (AvgIpc) is 3.33. The van der Waals surface area contributed by atoms with E-state index in [9.17, 15) is 8.42 Å². The quantitative estimate of drug-likeness (QED) is 0.329. The van der Waals surface area contributed by atoms with Gasteiger partial charge in [0.1, 0.15) is 21.4 Å². The first-order valence-corrected chi connectivity index (χ1v) is 15.1. The van der Waals surface area contributed by atoms with Crippen molar-refractivity contribution in [2.45, 2.75) is 33.7 Å². The van der Waals surface area contributed by atoms with E-state index < -0.39 is 9.84 Å². The van der Waals surface area contributed by atoms with Crippen LogP contribution >= 0.6 is 0 Å². The Hall–Kier alpha value is -3.73. The first kappa shape index (κ1) is 26.9. The van der Waals surface area contributed by atoms with E-state index in [2.05, 4.69) is 36.0 Å². The molecule has 0 saturated carbocycles. The van der Waals surface area contributed by atoms with Crippen molar-refractivity contribution in [2.24, 2.45) is 11.8 Å². The van der Waals surface area contributed by atoms with E-state index in [1.807, 2.05) is 42.1 Å². The summed E-state index contributed by atoms with van der Waals surface area (Å²) < 4.78 is 31.2. The maximum Gasteiger partial charge on any atom is 0.158 e. The van der Waals surface area contributed by atoms with Gasteiger partial charge in [-0.3, -0.25) is 9.97 Å². The van der Waals surface area contributed by atoms with Gasteiger partial charge in [0.15, 0.2) is 5.82 Å². The standard InChI is InChI=1S/C28H35N7O3S/c1-17(2)12-30-27-9-21(34-15-20(19(34)4)16-39(6,36)37)10-28(33-27)35-25-11-24(32-18(3)22(25)14-31-35)23-13-29-8-7-26(23)38-5/h7-11,13-14,17,19-20H,12,15-16H2,1-6H3,(H,30,33)/t19-,20-/m1/s1. The number of pyridine rings is 3. The van der Waals surface area contributed by atoms with Crippen LogP contribution in [0.25, 0.3) is 28.0 Å². The van der Waals surface area contributed by atoms with E-state index in [-0.39, 0.29) is 17.7 Å². The third kappa shape index (κ3) is 5.54. The predicted molar refractivity (Wildman–Crippen MR) is 155 cm³/mol. The molecule has 5 rings (SSSR count). The molecule has 0 spiro atoms. The Labute approximate surface area is 229 Å². The lowest BCUT2D eigenvalue weighted by Crippen LogP contribution is -2.57. The Kier molecular flexibility index (Phi) is 7.19. The molecule has 1 aliphatic rings. The molecule has 5 heterocycles. The van der Waals surface area contributed by atoms with Gasteiger partial charge in [-0.25, -0.2) is 18.1 Å². The van der Waals surface area contributed by atoms with Crippen LogP contribution in [0.4, 0.5) is 11.5 Å². The van der Waals surface area contributed by atoms with E-state index in [1.165, 1.54) is 6.26 Å². The molecule has 0 aliphatic carbocycles. The van der Waals surface area contributed by atoms with Crippen LogP contribution in [0.5, 0.6) is 5.75 Å². The van der Waals surface area contributed by atoms with Gasteiger partial charge in [0.25, 0.3) is 0 Å². The molecule has 4 aromatic heterocycles. The smallest absolute Gasteiger partial charge is 0.158 e. The normalized spacial score (nSPS) is 17.5. The summed E-state index contributed by atoms with van der Waals surface area (Å²) in [5.41, 5.74) is 4.22. The summed E-state index contributed by atoms with van der Waals surface area (Å²) in [6.07, 6.45) is 6.55. The Morgan fingerprint density at radius 1 is 1.18 bits per heavy atom. The van der Waals surface area contributed by atoms with Gasteiger partial charge in [-0.15, -0.1) is 0 Å². The number of hydrogen-bond donors (Lipinski definition) is 1. The number of ether oxygens (including phenoxy) is 1. The van der Waals surface area contributed by atoms with Crippen molar-refractivity contribution in [3.8, 4) is 22.8 Å². The van der Waals surface area contributed by atoms with Crippen LogP contribution in [-0.2, 0) is 9.84 Å². The molecule has 11 heteroatoms. The minimum atomic E-state index is -3.04. The molecule has 1 N–H and O–H groups in total. The molecule has 2 atom stereocenters. The molecule has 1 saturated heterocycles. The van der Waals surface area contributed by atoms with Gasteiger partial charge in [0, 0.05) is 72.6 Å². The Bertz CT molecular complexity index is 1620. The number of fused-ring (bicyclic) bond motifs is 1. The van der Waals surface area contributed by atoms with E-state index in [1.54, 1.807) is 19.5 Å². The van der Waals surface area contributed by atoms with Crippen LogP contribution in [0, 0.1) is 18.8 Å². The highest BCUT2D eigenvalue weighted by Crippen LogP contribution is 2.35. The Balaban J connectivity index is 1.58. The van der Waals surface area contributed by atoms with E-state index >= 15 is 0 Å². The third-order valence-electron chi connectivity index (χ3n) is 7.19. The number of aryl methyl sites for hydroxylation is 1. The fourth-order valence-electron chi connectivity index (χ4n) is 5.04. The maximum absolute atomic E-state index is 11.9. The zero-order chi connectivity index (χ0) is 27.9. The minimum Gasteiger partial charge on any atom is -0.496 e. The lowest BCUT2D eigenvalue weighted by atomic mass is 9.91. The highest BCUT2D eigenvalue weighted by atomic mass is 32.2. The minimum absolute atomic E-state index is 0.0957. The first-order chi connectivity index (χ1) is 18.5. The Morgan fingerprint density at radius 2 is 1.97 bits per heavy atom. The highest BCUT2D eigenvalue weighted by molar-refractivity contribution is 7.90. The molecule has 1 aliphatic heterocycles. The van der Waals surface area contributed by atoms with Crippen molar-refractivity contribution in [3.63, 3.8) is 0 Å². The molecule has 0 unspecified atom stereocenters. The SMILES string of the molecule is COc1ccncc1-c1cc2c(cnn2-c2cc(N3C[C@H](CS(C)(=O)=O)[C@H]3C)cc(NCC(C)C)n2)c(C)n1. The number of sulfone groups is 1. The average molecular weight is 550 g/mol. The summed E-state index contributed by atoms with van der Waals surface area (Å²) >= 11 is 0. The second-order valence-electron chi connectivity index (χ2n) is 10.7. The topological polar surface area (TPSA) is 115 Å². The third-order valence-corrected chi connectivity index (χ3v) is 8.23. The van der Waals surface area contributed by atoms with Gasteiger partial charge in [-0.1, -0.05) is 13.8 Å². The molecule has 0 amide bonds. The molecule has 4 aromatic rings. The van der Waals surface area contributed by atoms with Crippen LogP contribution in [-0.4, -0.2) is 71.4 Å². The summed E-state index contributed by atoms with van der Waals surface area (Å²) in [7, 11) is -1.41. The highest BCUT2D eigenvalue weighted by Gasteiger charge is 2.38. The number of methoxy groups -OCH3 is 1. The number of anilines is 2. The van der Waals surface area contributed by atoms with Crippen molar-refractivity contribution in [2.75, 3.05) is 42.4 Å². The van der Waals surface area contributed by atoms with E-state index in [0.29, 0.717) is 24.0 Å². The maximum atomic E-state index is 11.9. The lowest BCUT2D eigenvalue weighted by Gasteiger charge is -2.48. The largest absolute Gasteiger partial charge is 0.496 e. The Morgan fingerprint density at radius 3 is 2.67 bits per heavy atom. The van der Waals surface area contributed by atoms with Crippen LogP contribution < -0.4 is 15.0 Å². The van der Waals surface area contributed by atoms with Gasteiger partial charge < -0.3 is 15.0 Å². The first-order valence-electron chi connectivity index (χ1n) is 13.1. The van der Waals surface area contributed by atoms with Gasteiger partial charge in [-0.05, 0) is 31.9 Å².